The predicted molar refractivity (Wildman–Crippen MR) is 155 cm³/mol. The van der Waals surface area contributed by atoms with E-state index in [2.05, 4.69) is 89.2 Å². The molecule has 3 aromatic heterocycles. The van der Waals surface area contributed by atoms with Crippen molar-refractivity contribution in [2.45, 2.75) is 39.7 Å². The molecule has 4 heterocycles. The van der Waals surface area contributed by atoms with Gasteiger partial charge in [-0.2, -0.15) is 0 Å². The number of rotatable bonds is 3. The van der Waals surface area contributed by atoms with Crippen LogP contribution in [0.15, 0.2) is 61.1 Å². The average Bonchev–Trinajstić information content (AvgIpc) is 3.62. The van der Waals surface area contributed by atoms with E-state index in [1.54, 1.807) is 6.33 Å². The molecule has 7 aromatic rings. The van der Waals surface area contributed by atoms with Crippen LogP contribution in [0.1, 0.15) is 44.0 Å². The Morgan fingerprint density at radius 3 is 2.56 bits per heavy atom. The highest BCUT2D eigenvalue weighted by Crippen LogP contribution is 2.43. The van der Waals surface area contributed by atoms with Crippen molar-refractivity contribution in [1.82, 2.24) is 29.9 Å². The maximum atomic E-state index is 6.26. The van der Waals surface area contributed by atoms with Crippen molar-refractivity contribution in [3.8, 4) is 28.1 Å². The molecule has 7 heteroatoms. The Morgan fingerprint density at radius 2 is 1.72 bits per heavy atom. The standard InChI is InChI=1S/C32H26N6O/c1-4-26-36-29-21-9-6-18(12-23(21)24-13-33-15-34-28(24)30(29)37-26)17-5-8-20-19(11-17)7-10-22-27-25(14-39-31(20)22)35-32(38-27)16(2)3/h5-13,15-16H,4,14H2,1-3H3,(H,35,38)(H,36,37). The maximum absolute atomic E-state index is 6.26. The Morgan fingerprint density at radius 1 is 0.872 bits per heavy atom. The first kappa shape index (κ1) is 22.2. The van der Waals surface area contributed by atoms with Crippen molar-refractivity contribution in [3.63, 3.8) is 0 Å². The molecule has 0 radical (unpaired) electrons. The van der Waals surface area contributed by atoms with Crippen molar-refractivity contribution in [2.75, 3.05) is 0 Å². The van der Waals surface area contributed by atoms with Gasteiger partial charge in [-0.3, -0.25) is 0 Å². The van der Waals surface area contributed by atoms with Gasteiger partial charge in [-0.1, -0.05) is 51.1 Å². The van der Waals surface area contributed by atoms with Crippen LogP contribution < -0.4 is 4.74 Å². The molecule has 0 fully saturated rings. The summed E-state index contributed by atoms with van der Waals surface area (Å²) in [5.74, 6) is 3.20. The van der Waals surface area contributed by atoms with E-state index in [9.17, 15) is 0 Å². The maximum Gasteiger partial charge on any atom is 0.137 e. The summed E-state index contributed by atoms with van der Waals surface area (Å²) in [6, 6.07) is 17.5. The van der Waals surface area contributed by atoms with E-state index in [0.717, 1.165) is 95.4 Å². The number of aryl methyl sites for hydroxylation is 1. The van der Waals surface area contributed by atoms with Gasteiger partial charge in [0.1, 0.15) is 30.3 Å². The van der Waals surface area contributed by atoms with Gasteiger partial charge in [0.25, 0.3) is 0 Å². The van der Waals surface area contributed by atoms with Gasteiger partial charge >= 0.3 is 0 Å². The lowest BCUT2D eigenvalue weighted by Crippen LogP contribution is -2.05. The summed E-state index contributed by atoms with van der Waals surface area (Å²) >= 11 is 0. The summed E-state index contributed by atoms with van der Waals surface area (Å²) in [4.78, 5) is 25.6. The zero-order valence-corrected chi connectivity index (χ0v) is 22.0. The smallest absolute Gasteiger partial charge is 0.137 e. The number of aromatic nitrogens is 6. The van der Waals surface area contributed by atoms with Gasteiger partial charge in [-0.25, -0.2) is 19.9 Å². The Balaban J connectivity index is 1.28. The molecule has 7 nitrogen and oxygen atoms in total. The number of ether oxygens (including phenoxy) is 1. The molecular formula is C32H26N6O. The number of fused-ring (bicyclic) bond motifs is 11. The highest BCUT2D eigenvalue weighted by Gasteiger charge is 2.24. The summed E-state index contributed by atoms with van der Waals surface area (Å²) < 4.78 is 6.26. The van der Waals surface area contributed by atoms with E-state index in [0.29, 0.717) is 12.5 Å². The number of nitrogens with zero attached hydrogens (tertiary/aromatic N) is 4. The van der Waals surface area contributed by atoms with Gasteiger partial charge in [0, 0.05) is 40.3 Å². The zero-order valence-electron chi connectivity index (χ0n) is 22.0. The molecule has 8 rings (SSSR count). The highest BCUT2D eigenvalue weighted by molar-refractivity contribution is 6.22. The van der Waals surface area contributed by atoms with Crippen LogP contribution in [0.25, 0.3) is 65.9 Å². The quantitative estimate of drug-likeness (QED) is 0.241. The lowest BCUT2D eigenvalue weighted by Gasteiger charge is -2.19. The number of hydrogen-bond acceptors (Lipinski definition) is 5. The highest BCUT2D eigenvalue weighted by atomic mass is 16.5. The van der Waals surface area contributed by atoms with Crippen molar-refractivity contribution in [1.29, 1.82) is 0 Å². The minimum Gasteiger partial charge on any atom is -0.486 e. The summed E-state index contributed by atoms with van der Waals surface area (Å²) in [6.45, 7) is 6.91. The number of hydrogen-bond donors (Lipinski definition) is 2. The molecule has 0 aliphatic carbocycles. The minimum absolute atomic E-state index is 0.338. The molecule has 190 valence electrons. The Bertz CT molecular complexity index is 2100. The first-order valence-electron chi connectivity index (χ1n) is 13.4. The molecular weight excluding hydrogens is 484 g/mol. The molecule has 0 unspecified atom stereocenters. The summed E-state index contributed by atoms with van der Waals surface area (Å²) in [6.07, 6.45) is 4.34. The predicted octanol–water partition coefficient (Wildman–Crippen LogP) is 7.45. The molecule has 4 aromatic carbocycles. The fraction of sp³-hybridized carbons (Fsp3) is 0.188. The number of benzene rings is 4. The van der Waals surface area contributed by atoms with Crippen LogP contribution in [0.5, 0.6) is 5.75 Å². The summed E-state index contributed by atoms with van der Waals surface area (Å²) in [7, 11) is 0. The minimum atomic E-state index is 0.338. The molecule has 0 amide bonds. The van der Waals surface area contributed by atoms with Crippen LogP contribution >= 0.6 is 0 Å². The van der Waals surface area contributed by atoms with Crippen LogP contribution in [0.3, 0.4) is 0 Å². The SMILES string of the molecule is CCc1nc2c3ccc(-c4ccc5c6c(ccc5c4)-c4nc(C(C)C)[nH]c4CO6)cc3c3cncnc3c2[nH]1. The van der Waals surface area contributed by atoms with Gasteiger partial charge in [0.2, 0.25) is 0 Å². The second-order valence-corrected chi connectivity index (χ2v) is 10.6. The molecule has 2 N–H and O–H groups in total. The van der Waals surface area contributed by atoms with Crippen LogP contribution in [0.2, 0.25) is 0 Å². The van der Waals surface area contributed by atoms with Gasteiger partial charge in [0.15, 0.2) is 0 Å². The molecule has 0 saturated carbocycles. The monoisotopic (exact) mass is 510 g/mol. The van der Waals surface area contributed by atoms with Crippen LogP contribution in [-0.4, -0.2) is 29.9 Å². The summed E-state index contributed by atoms with van der Waals surface area (Å²) in [5, 5.41) is 5.46. The van der Waals surface area contributed by atoms with Gasteiger partial charge in [-0.05, 0) is 40.1 Å². The Labute approximate surface area is 224 Å². The molecule has 0 atom stereocenters. The van der Waals surface area contributed by atoms with E-state index in [4.69, 9.17) is 14.7 Å². The van der Waals surface area contributed by atoms with E-state index in [1.807, 2.05) is 6.20 Å². The zero-order chi connectivity index (χ0) is 26.2. The van der Waals surface area contributed by atoms with Crippen molar-refractivity contribution < 1.29 is 4.74 Å². The number of H-pyrrole nitrogens is 2. The number of aromatic amines is 2. The first-order valence-corrected chi connectivity index (χ1v) is 13.4. The first-order chi connectivity index (χ1) is 19.1. The molecule has 0 saturated heterocycles. The lowest BCUT2D eigenvalue weighted by molar-refractivity contribution is 0.301. The summed E-state index contributed by atoms with van der Waals surface area (Å²) in [5.41, 5.74) is 8.21. The molecule has 1 aliphatic heterocycles. The van der Waals surface area contributed by atoms with Gasteiger partial charge < -0.3 is 14.7 Å². The second-order valence-electron chi connectivity index (χ2n) is 10.6. The van der Waals surface area contributed by atoms with Crippen LogP contribution in [0.4, 0.5) is 0 Å². The van der Waals surface area contributed by atoms with Gasteiger partial charge in [-0.15, -0.1) is 0 Å². The molecule has 1 aliphatic rings. The fourth-order valence-corrected chi connectivity index (χ4v) is 5.83. The third-order valence-corrected chi connectivity index (χ3v) is 7.87. The van der Waals surface area contributed by atoms with Gasteiger partial charge in [0.05, 0.1) is 27.9 Å². The van der Waals surface area contributed by atoms with E-state index < -0.39 is 0 Å². The van der Waals surface area contributed by atoms with E-state index in [-0.39, 0.29) is 0 Å². The largest absolute Gasteiger partial charge is 0.486 e. The number of nitrogens with one attached hydrogen (secondary N) is 2. The van der Waals surface area contributed by atoms with Crippen LogP contribution in [0, 0.1) is 0 Å². The second kappa shape index (κ2) is 8.11. The lowest BCUT2D eigenvalue weighted by atomic mass is 9.95. The number of imidazole rings is 2. The third kappa shape index (κ3) is 3.22. The van der Waals surface area contributed by atoms with E-state index in [1.165, 1.54) is 0 Å². The molecule has 0 bridgehead atoms. The van der Waals surface area contributed by atoms with Crippen LogP contribution in [-0.2, 0) is 13.0 Å². The third-order valence-electron chi connectivity index (χ3n) is 7.87. The average molecular weight is 511 g/mol. The van der Waals surface area contributed by atoms with Crippen molar-refractivity contribution >= 4 is 43.5 Å². The topological polar surface area (TPSA) is 92.4 Å². The molecule has 0 spiro atoms. The van der Waals surface area contributed by atoms with E-state index >= 15 is 0 Å². The van der Waals surface area contributed by atoms with Crippen molar-refractivity contribution in [2.24, 2.45) is 0 Å². The normalized spacial score (nSPS) is 12.9. The van der Waals surface area contributed by atoms with Crippen molar-refractivity contribution in [3.05, 3.63) is 78.4 Å². The molecule has 39 heavy (non-hydrogen) atoms. The fourth-order valence-electron chi connectivity index (χ4n) is 5.83. The Hall–Kier alpha value is -4.78. The Kier molecular flexibility index (Phi) is 4.62.